The van der Waals surface area contributed by atoms with Gasteiger partial charge in [0.15, 0.2) is 0 Å². The lowest BCUT2D eigenvalue weighted by Crippen LogP contribution is -2.34. The smallest absolute Gasteiger partial charge is 0.267 e. The second-order valence-electron chi connectivity index (χ2n) is 6.87. The summed E-state index contributed by atoms with van der Waals surface area (Å²) in [4.78, 5) is 28.4. The molecular formula is C21H26N4O2. The summed E-state index contributed by atoms with van der Waals surface area (Å²) in [6, 6.07) is 9.45. The van der Waals surface area contributed by atoms with Crippen LogP contribution in [-0.2, 0) is 16.1 Å². The number of carbonyl (C=O) groups is 2. The molecule has 1 aliphatic carbocycles. The normalized spacial score (nSPS) is 14.5. The van der Waals surface area contributed by atoms with Crippen LogP contribution in [0.2, 0.25) is 0 Å². The van der Waals surface area contributed by atoms with Gasteiger partial charge in [-0.05, 0) is 30.9 Å². The van der Waals surface area contributed by atoms with E-state index in [1.807, 2.05) is 42.7 Å². The molecule has 0 bridgehead atoms. The van der Waals surface area contributed by atoms with Gasteiger partial charge in [0.25, 0.3) is 5.91 Å². The summed E-state index contributed by atoms with van der Waals surface area (Å²) in [5.41, 5.74) is 1.12. The topological polar surface area (TPSA) is 76.0 Å². The molecule has 2 aromatic rings. The van der Waals surface area contributed by atoms with Gasteiger partial charge in [-0.25, -0.2) is 4.98 Å². The third-order valence-corrected chi connectivity index (χ3v) is 4.75. The Kier molecular flexibility index (Phi) is 6.41. The van der Waals surface area contributed by atoms with E-state index in [1.54, 1.807) is 6.08 Å². The third kappa shape index (κ3) is 5.29. The number of nitrogens with zero attached hydrogens (tertiary/aromatic N) is 2. The van der Waals surface area contributed by atoms with Crippen LogP contribution >= 0.6 is 0 Å². The molecule has 0 radical (unpaired) electrons. The fourth-order valence-electron chi connectivity index (χ4n) is 3.15. The SMILES string of the molecule is CC(=O)N/C(=C/c1ccccc1)C(=O)NCCCn1ccnc1C1CCC1. The second-order valence-corrected chi connectivity index (χ2v) is 6.87. The van der Waals surface area contributed by atoms with Crippen molar-refractivity contribution in [2.24, 2.45) is 0 Å². The minimum absolute atomic E-state index is 0.256. The summed E-state index contributed by atoms with van der Waals surface area (Å²) < 4.78 is 2.19. The number of rotatable bonds is 8. The number of aromatic nitrogens is 2. The maximum absolute atomic E-state index is 12.5. The molecule has 1 heterocycles. The molecule has 1 fully saturated rings. The summed E-state index contributed by atoms with van der Waals surface area (Å²) in [6.45, 7) is 2.75. The molecular weight excluding hydrogens is 340 g/mol. The molecule has 1 saturated carbocycles. The second kappa shape index (κ2) is 9.16. The average molecular weight is 366 g/mol. The molecule has 142 valence electrons. The van der Waals surface area contributed by atoms with E-state index in [0.29, 0.717) is 12.5 Å². The van der Waals surface area contributed by atoms with Gasteiger partial charge in [0.2, 0.25) is 5.91 Å². The zero-order chi connectivity index (χ0) is 19.1. The number of imidazole rings is 1. The number of benzene rings is 1. The molecule has 3 rings (SSSR count). The first-order chi connectivity index (χ1) is 13.1. The van der Waals surface area contributed by atoms with Crippen molar-refractivity contribution >= 4 is 17.9 Å². The van der Waals surface area contributed by atoms with Crippen molar-refractivity contribution in [3.8, 4) is 0 Å². The van der Waals surface area contributed by atoms with Crippen molar-refractivity contribution in [3.63, 3.8) is 0 Å². The molecule has 6 heteroatoms. The fourth-order valence-corrected chi connectivity index (χ4v) is 3.15. The summed E-state index contributed by atoms with van der Waals surface area (Å²) >= 11 is 0. The predicted octanol–water partition coefficient (Wildman–Crippen LogP) is 2.83. The Morgan fingerprint density at radius 1 is 1.26 bits per heavy atom. The van der Waals surface area contributed by atoms with E-state index in [1.165, 1.54) is 26.2 Å². The largest absolute Gasteiger partial charge is 0.351 e. The highest BCUT2D eigenvalue weighted by atomic mass is 16.2. The van der Waals surface area contributed by atoms with E-state index in [2.05, 4.69) is 20.2 Å². The van der Waals surface area contributed by atoms with Gasteiger partial charge in [0.05, 0.1) is 0 Å². The zero-order valence-electron chi connectivity index (χ0n) is 15.6. The molecule has 0 aliphatic heterocycles. The maximum Gasteiger partial charge on any atom is 0.267 e. The van der Waals surface area contributed by atoms with Crippen LogP contribution in [0.4, 0.5) is 0 Å². The van der Waals surface area contributed by atoms with Crippen molar-refractivity contribution < 1.29 is 9.59 Å². The molecule has 1 aromatic heterocycles. The summed E-state index contributed by atoms with van der Waals surface area (Å²) in [7, 11) is 0. The van der Waals surface area contributed by atoms with Gasteiger partial charge in [0, 0.05) is 38.3 Å². The van der Waals surface area contributed by atoms with Crippen LogP contribution in [-0.4, -0.2) is 27.9 Å². The highest BCUT2D eigenvalue weighted by Gasteiger charge is 2.23. The van der Waals surface area contributed by atoms with Crippen LogP contribution in [0.25, 0.3) is 6.08 Å². The van der Waals surface area contributed by atoms with Crippen molar-refractivity contribution in [2.75, 3.05) is 6.54 Å². The number of aryl methyl sites for hydroxylation is 1. The summed E-state index contributed by atoms with van der Waals surface area (Å²) in [6.07, 6.45) is 10.1. The molecule has 0 saturated heterocycles. The number of carbonyl (C=O) groups excluding carboxylic acids is 2. The molecule has 0 unspecified atom stereocenters. The van der Waals surface area contributed by atoms with Gasteiger partial charge >= 0.3 is 0 Å². The number of hydrogen-bond acceptors (Lipinski definition) is 3. The summed E-state index contributed by atoms with van der Waals surface area (Å²) in [5.74, 6) is 1.21. The van der Waals surface area contributed by atoms with Gasteiger partial charge in [-0.3, -0.25) is 9.59 Å². The Labute approximate surface area is 159 Å². The van der Waals surface area contributed by atoms with E-state index >= 15 is 0 Å². The molecule has 1 aromatic carbocycles. The van der Waals surface area contributed by atoms with Crippen molar-refractivity contribution in [1.29, 1.82) is 0 Å². The minimum Gasteiger partial charge on any atom is -0.351 e. The van der Waals surface area contributed by atoms with Crippen molar-refractivity contribution in [3.05, 3.63) is 59.8 Å². The number of hydrogen-bond donors (Lipinski definition) is 2. The quantitative estimate of drug-likeness (QED) is 0.557. The molecule has 27 heavy (non-hydrogen) atoms. The Morgan fingerprint density at radius 2 is 2.04 bits per heavy atom. The first-order valence-electron chi connectivity index (χ1n) is 9.47. The molecule has 2 amide bonds. The number of amides is 2. The van der Waals surface area contributed by atoms with E-state index in [4.69, 9.17) is 0 Å². The average Bonchev–Trinajstić information content (AvgIpc) is 3.05. The minimum atomic E-state index is -0.279. The lowest BCUT2D eigenvalue weighted by Gasteiger charge is -2.25. The van der Waals surface area contributed by atoms with Gasteiger partial charge in [-0.2, -0.15) is 0 Å². The highest BCUT2D eigenvalue weighted by molar-refractivity contribution is 6.00. The van der Waals surface area contributed by atoms with Crippen LogP contribution in [0.5, 0.6) is 0 Å². The standard InChI is InChI=1S/C21H26N4O2/c1-16(26)24-19(15-17-7-3-2-4-8-17)21(27)23-11-6-13-25-14-12-22-20(25)18-9-5-10-18/h2-4,7-8,12,14-15,18H,5-6,9-11,13H2,1H3,(H,23,27)(H,24,26)/b19-15+. The zero-order valence-corrected chi connectivity index (χ0v) is 15.6. The third-order valence-electron chi connectivity index (χ3n) is 4.75. The highest BCUT2D eigenvalue weighted by Crippen LogP contribution is 2.35. The van der Waals surface area contributed by atoms with Crippen LogP contribution in [0, 0.1) is 0 Å². The predicted molar refractivity (Wildman–Crippen MR) is 105 cm³/mol. The Balaban J connectivity index is 1.52. The van der Waals surface area contributed by atoms with E-state index < -0.39 is 0 Å². The lowest BCUT2D eigenvalue weighted by atomic mass is 9.85. The molecule has 2 N–H and O–H groups in total. The molecule has 1 aliphatic rings. The number of nitrogens with one attached hydrogen (secondary N) is 2. The van der Waals surface area contributed by atoms with Crippen LogP contribution in [0.15, 0.2) is 48.4 Å². The fraction of sp³-hybridized carbons (Fsp3) is 0.381. The Morgan fingerprint density at radius 3 is 2.70 bits per heavy atom. The van der Waals surface area contributed by atoms with Gasteiger partial charge in [-0.1, -0.05) is 36.8 Å². The first-order valence-corrected chi connectivity index (χ1v) is 9.47. The van der Waals surface area contributed by atoms with Gasteiger partial charge in [0.1, 0.15) is 11.5 Å². The Bertz CT molecular complexity index is 807. The van der Waals surface area contributed by atoms with Crippen LogP contribution < -0.4 is 10.6 Å². The molecule has 0 atom stereocenters. The Hall–Kier alpha value is -2.89. The molecule has 0 spiro atoms. The molecule has 6 nitrogen and oxygen atoms in total. The summed E-state index contributed by atoms with van der Waals surface area (Å²) in [5, 5.41) is 5.51. The monoisotopic (exact) mass is 366 g/mol. The van der Waals surface area contributed by atoms with Gasteiger partial charge < -0.3 is 15.2 Å². The van der Waals surface area contributed by atoms with Gasteiger partial charge in [-0.15, -0.1) is 0 Å². The van der Waals surface area contributed by atoms with Crippen molar-refractivity contribution in [1.82, 2.24) is 20.2 Å². The van der Waals surface area contributed by atoms with Crippen LogP contribution in [0.1, 0.15) is 49.9 Å². The van der Waals surface area contributed by atoms with Crippen molar-refractivity contribution in [2.45, 2.75) is 45.1 Å². The maximum atomic E-state index is 12.5. The van der Waals surface area contributed by atoms with Crippen LogP contribution in [0.3, 0.4) is 0 Å². The lowest BCUT2D eigenvalue weighted by molar-refractivity contribution is -0.122. The van der Waals surface area contributed by atoms with E-state index in [0.717, 1.165) is 24.4 Å². The first kappa shape index (κ1) is 18.9. The van der Waals surface area contributed by atoms with E-state index in [9.17, 15) is 9.59 Å². The van der Waals surface area contributed by atoms with E-state index in [-0.39, 0.29) is 17.5 Å².